The molecule has 1 saturated heterocycles. The molecular weight excluding hydrogens is 302 g/mol. The zero-order chi connectivity index (χ0) is 15.7. The van der Waals surface area contributed by atoms with E-state index < -0.39 is 10.0 Å². The van der Waals surface area contributed by atoms with Gasteiger partial charge in [-0.15, -0.1) is 0 Å². The van der Waals surface area contributed by atoms with Crippen LogP contribution < -0.4 is 5.32 Å². The lowest BCUT2D eigenvalue weighted by molar-refractivity contribution is -0.115. The van der Waals surface area contributed by atoms with E-state index in [-0.39, 0.29) is 17.2 Å². The lowest BCUT2D eigenvalue weighted by Crippen LogP contribution is -2.48. The van der Waals surface area contributed by atoms with Gasteiger partial charge in [0.25, 0.3) is 0 Å². The van der Waals surface area contributed by atoms with E-state index in [0.717, 1.165) is 37.3 Å². The van der Waals surface area contributed by atoms with Crippen LogP contribution in [-0.4, -0.2) is 56.3 Å². The number of piperazine rings is 1. The Morgan fingerprint density at radius 2 is 1.91 bits per heavy atom. The summed E-state index contributed by atoms with van der Waals surface area (Å²) in [6.45, 7) is 5.74. The summed E-state index contributed by atoms with van der Waals surface area (Å²) in [4.78, 5) is 14.0. The number of nitrogens with one attached hydrogen (secondary N) is 1. The average molecular weight is 323 g/mol. The van der Waals surface area contributed by atoms with Crippen LogP contribution in [0.4, 0.5) is 5.69 Å². The van der Waals surface area contributed by atoms with Crippen molar-refractivity contribution in [3.8, 4) is 0 Å². The standard InChI is InChI=1S/C15H21N3O3S/c1-2-5-17-6-8-18(9-7-17)22(20,21)13-3-4-14-12(10-13)11-15(19)16-14/h3-4,10H,2,5-9,11H2,1H3,(H,16,19). The van der Waals surface area contributed by atoms with Gasteiger partial charge in [-0.3, -0.25) is 4.79 Å². The van der Waals surface area contributed by atoms with Crippen LogP contribution in [0.15, 0.2) is 23.1 Å². The van der Waals surface area contributed by atoms with Crippen LogP contribution in [0.2, 0.25) is 0 Å². The molecule has 0 atom stereocenters. The summed E-state index contributed by atoms with van der Waals surface area (Å²) < 4.78 is 27.0. The van der Waals surface area contributed by atoms with Gasteiger partial charge in [-0.25, -0.2) is 8.42 Å². The van der Waals surface area contributed by atoms with Crippen molar-refractivity contribution < 1.29 is 13.2 Å². The third kappa shape index (κ3) is 2.88. The van der Waals surface area contributed by atoms with E-state index in [1.54, 1.807) is 22.5 Å². The van der Waals surface area contributed by atoms with E-state index in [1.807, 2.05) is 0 Å². The van der Waals surface area contributed by atoms with Crippen molar-refractivity contribution >= 4 is 21.6 Å². The highest BCUT2D eigenvalue weighted by molar-refractivity contribution is 7.89. The molecule has 0 aliphatic carbocycles. The van der Waals surface area contributed by atoms with Gasteiger partial charge < -0.3 is 10.2 Å². The summed E-state index contributed by atoms with van der Waals surface area (Å²) in [5.41, 5.74) is 1.48. The molecule has 0 unspecified atom stereocenters. The van der Waals surface area contributed by atoms with Crippen molar-refractivity contribution in [1.82, 2.24) is 9.21 Å². The van der Waals surface area contributed by atoms with E-state index in [2.05, 4.69) is 17.1 Å². The quantitative estimate of drug-likeness (QED) is 0.894. The fourth-order valence-electron chi connectivity index (χ4n) is 3.02. The first-order chi connectivity index (χ1) is 10.5. The number of amides is 1. The Kier molecular flexibility index (Phi) is 4.20. The lowest BCUT2D eigenvalue weighted by atomic mass is 10.2. The van der Waals surface area contributed by atoms with Gasteiger partial charge >= 0.3 is 0 Å². The highest BCUT2D eigenvalue weighted by Crippen LogP contribution is 2.27. The summed E-state index contributed by atoms with van der Waals surface area (Å²) in [5, 5.41) is 2.72. The molecule has 3 rings (SSSR count). The van der Waals surface area contributed by atoms with Gasteiger partial charge in [0.15, 0.2) is 0 Å². The Bertz CT molecular complexity index is 679. The van der Waals surface area contributed by atoms with Crippen LogP contribution in [0, 0.1) is 0 Å². The molecule has 6 nitrogen and oxygen atoms in total. The number of fused-ring (bicyclic) bond motifs is 1. The number of sulfonamides is 1. The van der Waals surface area contributed by atoms with Crippen molar-refractivity contribution in [1.29, 1.82) is 0 Å². The predicted octanol–water partition coefficient (Wildman–Crippen LogP) is 0.897. The number of anilines is 1. The van der Waals surface area contributed by atoms with Gasteiger partial charge in [0, 0.05) is 31.9 Å². The molecule has 2 heterocycles. The number of benzene rings is 1. The van der Waals surface area contributed by atoms with Gasteiger partial charge in [0.2, 0.25) is 15.9 Å². The van der Waals surface area contributed by atoms with E-state index in [4.69, 9.17) is 0 Å². The second-order valence-electron chi connectivity index (χ2n) is 5.79. The minimum atomic E-state index is -3.47. The molecule has 7 heteroatoms. The van der Waals surface area contributed by atoms with Crippen molar-refractivity contribution in [3.63, 3.8) is 0 Å². The Morgan fingerprint density at radius 3 is 2.59 bits per heavy atom. The molecule has 0 aromatic heterocycles. The van der Waals surface area contributed by atoms with Gasteiger partial charge in [0.05, 0.1) is 11.3 Å². The molecule has 2 aliphatic rings. The largest absolute Gasteiger partial charge is 0.326 e. The molecule has 0 saturated carbocycles. The molecule has 1 aromatic carbocycles. The van der Waals surface area contributed by atoms with Crippen molar-refractivity contribution in [3.05, 3.63) is 23.8 Å². The maximum atomic E-state index is 12.7. The normalized spacial score (nSPS) is 20.0. The highest BCUT2D eigenvalue weighted by atomic mass is 32.2. The fraction of sp³-hybridized carbons (Fsp3) is 0.533. The first kappa shape index (κ1) is 15.5. The molecule has 0 bridgehead atoms. The monoisotopic (exact) mass is 323 g/mol. The maximum absolute atomic E-state index is 12.7. The summed E-state index contributed by atoms with van der Waals surface area (Å²) in [7, 11) is -3.47. The summed E-state index contributed by atoms with van der Waals surface area (Å²) in [5.74, 6) is -0.0854. The summed E-state index contributed by atoms with van der Waals surface area (Å²) in [6.07, 6.45) is 1.33. The Hall–Kier alpha value is -1.44. The summed E-state index contributed by atoms with van der Waals surface area (Å²) >= 11 is 0. The van der Waals surface area contributed by atoms with Crippen LogP contribution in [0.5, 0.6) is 0 Å². The first-order valence-electron chi connectivity index (χ1n) is 7.66. The third-order valence-electron chi connectivity index (χ3n) is 4.21. The second-order valence-corrected chi connectivity index (χ2v) is 7.73. The van der Waals surface area contributed by atoms with Crippen LogP contribution in [0.3, 0.4) is 0 Å². The molecule has 0 spiro atoms. The smallest absolute Gasteiger partial charge is 0.243 e. The minimum absolute atomic E-state index is 0.0854. The predicted molar refractivity (Wildman–Crippen MR) is 84.3 cm³/mol. The molecular formula is C15H21N3O3S. The van der Waals surface area contributed by atoms with Crippen molar-refractivity contribution in [2.45, 2.75) is 24.7 Å². The topological polar surface area (TPSA) is 69.7 Å². The number of rotatable bonds is 4. The summed E-state index contributed by atoms with van der Waals surface area (Å²) in [6, 6.07) is 4.89. The molecule has 120 valence electrons. The zero-order valence-electron chi connectivity index (χ0n) is 12.7. The first-order valence-corrected chi connectivity index (χ1v) is 9.10. The van der Waals surface area contributed by atoms with E-state index in [0.29, 0.717) is 13.1 Å². The van der Waals surface area contributed by atoms with Crippen molar-refractivity contribution in [2.24, 2.45) is 0 Å². The van der Waals surface area contributed by atoms with Crippen LogP contribution in [-0.2, 0) is 21.2 Å². The molecule has 1 N–H and O–H groups in total. The number of nitrogens with zero attached hydrogens (tertiary/aromatic N) is 2. The van der Waals surface area contributed by atoms with Crippen LogP contribution >= 0.6 is 0 Å². The molecule has 1 fully saturated rings. The maximum Gasteiger partial charge on any atom is 0.243 e. The number of carbonyl (C=O) groups excluding carboxylic acids is 1. The molecule has 22 heavy (non-hydrogen) atoms. The average Bonchev–Trinajstić information content (AvgIpc) is 2.87. The van der Waals surface area contributed by atoms with Crippen molar-refractivity contribution in [2.75, 3.05) is 38.0 Å². The van der Waals surface area contributed by atoms with Crippen LogP contribution in [0.1, 0.15) is 18.9 Å². The Morgan fingerprint density at radius 1 is 1.18 bits per heavy atom. The minimum Gasteiger partial charge on any atom is -0.326 e. The Balaban J connectivity index is 1.77. The molecule has 2 aliphatic heterocycles. The van der Waals surface area contributed by atoms with Gasteiger partial charge in [-0.1, -0.05) is 6.92 Å². The van der Waals surface area contributed by atoms with E-state index in [9.17, 15) is 13.2 Å². The number of hydrogen-bond donors (Lipinski definition) is 1. The zero-order valence-corrected chi connectivity index (χ0v) is 13.5. The number of carbonyl (C=O) groups is 1. The van der Waals surface area contributed by atoms with E-state index in [1.165, 1.54) is 0 Å². The van der Waals surface area contributed by atoms with Crippen LogP contribution in [0.25, 0.3) is 0 Å². The lowest BCUT2D eigenvalue weighted by Gasteiger charge is -2.33. The van der Waals surface area contributed by atoms with Gasteiger partial charge in [-0.2, -0.15) is 4.31 Å². The Labute approximate surface area is 131 Å². The second kappa shape index (κ2) is 5.98. The van der Waals surface area contributed by atoms with Gasteiger partial charge in [0.1, 0.15) is 0 Å². The SMILES string of the molecule is CCCN1CCN(S(=O)(=O)c2ccc3c(c2)CC(=O)N3)CC1. The molecule has 1 aromatic rings. The van der Waals surface area contributed by atoms with Gasteiger partial charge in [-0.05, 0) is 36.7 Å². The number of hydrogen-bond acceptors (Lipinski definition) is 4. The third-order valence-corrected chi connectivity index (χ3v) is 6.11. The molecule has 0 radical (unpaired) electrons. The highest BCUT2D eigenvalue weighted by Gasteiger charge is 2.29. The molecule has 1 amide bonds. The fourth-order valence-corrected chi connectivity index (χ4v) is 4.50. The van der Waals surface area contributed by atoms with E-state index >= 15 is 0 Å².